The highest BCUT2D eigenvalue weighted by molar-refractivity contribution is 7.81. The summed E-state index contributed by atoms with van der Waals surface area (Å²) >= 11 is 4.18. The van der Waals surface area contributed by atoms with Gasteiger partial charge in [0.1, 0.15) is 0 Å². The molecule has 94 valence electrons. The standard InChI is InChI=1S/C11H22N2O2S/c1-5-13(6-2)9(14)7-12-11(15)10(16)8(3)4/h8,10,16H,5-7H2,1-4H3,(H,12,15). The van der Waals surface area contributed by atoms with Gasteiger partial charge in [0.05, 0.1) is 11.8 Å². The Morgan fingerprint density at radius 2 is 1.75 bits per heavy atom. The van der Waals surface area contributed by atoms with Gasteiger partial charge in [0.15, 0.2) is 0 Å². The van der Waals surface area contributed by atoms with E-state index in [1.165, 1.54) is 0 Å². The average Bonchev–Trinajstić information content (AvgIpc) is 2.26. The van der Waals surface area contributed by atoms with Crippen molar-refractivity contribution in [1.29, 1.82) is 0 Å². The normalized spacial score (nSPS) is 12.4. The van der Waals surface area contributed by atoms with Gasteiger partial charge >= 0.3 is 0 Å². The second kappa shape index (κ2) is 7.54. The van der Waals surface area contributed by atoms with E-state index in [0.29, 0.717) is 13.1 Å². The van der Waals surface area contributed by atoms with Crippen molar-refractivity contribution >= 4 is 24.4 Å². The summed E-state index contributed by atoms with van der Waals surface area (Å²) in [6.45, 7) is 9.06. The van der Waals surface area contributed by atoms with Crippen molar-refractivity contribution < 1.29 is 9.59 Å². The van der Waals surface area contributed by atoms with Gasteiger partial charge in [-0.05, 0) is 19.8 Å². The largest absolute Gasteiger partial charge is 0.346 e. The Morgan fingerprint density at radius 3 is 2.12 bits per heavy atom. The van der Waals surface area contributed by atoms with Crippen LogP contribution in [0.2, 0.25) is 0 Å². The number of hydrogen-bond acceptors (Lipinski definition) is 3. The summed E-state index contributed by atoms with van der Waals surface area (Å²) in [5.41, 5.74) is 0. The molecule has 0 aromatic rings. The van der Waals surface area contributed by atoms with Crippen molar-refractivity contribution in [2.75, 3.05) is 19.6 Å². The zero-order valence-electron chi connectivity index (χ0n) is 10.5. The summed E-state index contributed by atoms with van der Waals surface area (Å²) in [7, 11) is 0. The van der Waals surface area contributed by atoms with Crippen LogP contribution < -0.4 is 5.32 Å². The number of likely N-dealkylation sites (N-methyl/N-ethyl adjacent to an activating group) is 1. The number of nitrogens with zero attached hydrogens (tertiary/aromatic N) is 1. The van der Waals surface area contributed by atoms with Gasteiger partial charge in [0.2, 0.25) is 11.8 Å². The molecule has 16 heavy (non-hydrogen) atoms. The molecule has 1 atom stereocenters. The van der Waals surface area contributed by atoms with E-state index < -0.39 is 0 Å². The number of hydrogen-bond donors (Lipinski definition) is 2. The van der Waals surface area contributed by atoms with Gasteiger partial charge in [-0.1, -0.05) is 13.8 Å². The third kappa shape index (κ3) is 4.88. The smallest absolute Gasteiger partial charge is 0.241 e. The molecule has 0 saturated heterocycles. The maximum Gasteiger partial charge on any atom is 0.241 e. The third-order valence-corrected chi connectivity index (χ3v) is 3.26. The van der Waals surface area contributed by atoms with Crippen LogP contribution >= 0.6 is 12.6 Å². The van der Waals surface area contributed by atoms with E-state index in [1.54, 1.807) is 4.90 Å². The molecule has 0 aromatic heterocycles. The fourth-order valence-corrected chi connectivity index (χ4v) is 1.35. The first-order valence-corrected chi connectivity index (χ1v) is 6.19. The lowest BCUT2D eigenvalue weighted by molar-refractivity contribution is -0.132. The van der Waals surface area contributed by atoms with Crippen LogP contribution in [0.25, 0.3) is 0 Å². The first kappa shape index (κ1) is 15.3. The Balaban J connectivity index is 4.05. The Bertz CT molecular complexity index is 226. The SMILES string of the molecule is CCN(CC)C(=O)CNC(=O)C(S)C(C)C. The van der Waals surface area contributed by atoms with Crippen LogP contribution in [0.5, 0.6) is 0 Å². The van der Waals surface area contributed by atoms with Gasteiger partial charge in [-0.25, -0.2) is 0 Å². The maximum absolute atomic E-state index is 11.6. The molecule has 0 aromatic carbocycles. The topological polar surface area (TPSA) is 49.4 Å². The highest BCUT2D eigenvalue weighted by Crippen LogP contribution is 2.08. The monoisotopic (exact) mass is 246 g/mol. The molecule has 0 saturated carbocycles. The number of carbonyl (C=O) groups excluding carboxylic acids is 2. The van der Waals surface area contributed by atoms with E-state index >= 15 is 0 Å². The van der Waals surface area contributed by atoms with Crippen molar-refractivity contribution in [2.45, 2.75) is 32.9 Å². The highest BCUT2D eigenvalue weighted by Gasteiger charge is 2.18. The van der Waals surface area contributed by atoms with E-state index in [9.17, 15) is 9.59 Å². The average molecular weight is 246 g/mol. The Morgan fingerprint density at radius 1 is 1.25 bits per heavy atom. The van der Waals surface area contributed by atoms with Gasteiger partial charge in [-0.2, -0.15) is 12.6 Å². The molecule has 0 heterocycles. The van der Waals surface area contributed by atoms with Crippen LogP contribution in [0.1, 0.15) is 27.7 Å². The van der Waals surface area contributed by atoms with Crippen molar-refractivity contribution in [3.63, 3.8) is 0 Å². The highest BCUT2D eigenvalue weighted by atomic mass is 32.1. The van der Waals surface area contributed by atoms with Crippen molar-refractivity contribution in [2.24, 2.45) is 5.92 Å². The molecule has 0 radical (unpaired) electrons. The van der Waals surface area contributed by atoms with Crippen LogP contribution in [0.4, 0.5) is 0 Å². The molecule has 0 spiro atoms. The lowest BCUT2D eigenvalue weighted by atomic mass is 10.1. The molecule has 4 nitrogen and oxygen atoms in total. The third-order valence-electron chi connectivity index (χ3n) is 2.43. The quantitative estimate of drug-likeness (QED) is 0.685. The maximum atomic E-state index is 11.6. The van der Waals surface area contributed by atoms with E-state index in [0.717, 1.165) is 0 Å². The van der Waals surface area contributed by atoms with Gasteiger partial charge < -0.3 is 10.2 Å². The fraction of sp³-hybridized carbons (Fsp3) is 0.818. The Hall–Kier alpha value is -0.710. The second-order valence-electron chi connectivity index (χ2n) is 3.97. The van der Waals surface area contributed by atoms with Crippen LogP contribution in [0.15, 0.2) is 0 Å². The second-order valence-corrected chi connectivity index (χ2v) is 4.53. The molecule has 0 aliphatic rings. The van der Waals surface area contributed by atoms with E-state index in [2.05, 4.69) is 17.9 Å². The van der Waals surface area contributed by atoms with Gasteiger partial charge in [-0.3, -0.25) is 9.59 Å². The number of thiol groups is 1. The molecular formula is C11H22N2O2S. The molecule has 1 unspecified atom stereocenters. The molecule has 0 rings (SSSR count). The minimum Gasteiger partial charge on any atom is -0.346 e. The molecule has 0 bridgehead atoms. The van der Waals surface area contributed by atoms with Crippen molar-refractivity contribution in [3.8, 4) is 0 Å². The van der Waals surface area contributed by atoms with E-state index in [4.69, 9.17) is 0 Å². The molecule has 0 fully saturated rings. The zero-order chi connectivity index (χ0) is 12.7. The molecular weight excluding hydrogens is 224 g/mol. The van der Waals surface area contributed by atoms with Crippen molar-refractivity contribution in [3.05, 3.63) is 0 Å². The molecule has 0 aliphatic heterocycles. The first-order valence-electron chi connectivity index (χ1n) is 5.67. The number of rotatable bonds is 6. The van der Waals surface area contributed by atoms with Crippen LogP contribution in [0.3, 0.4) is 0 Å². The minimum absolute atomic E-state index is 0.0531. The summed E-state index contributed by atoms with van der Waals surface area (Å²) in [4.78, 5) is 24.8. The van der Waals surface area contributed by atoms with Gasteiger partial charge in [-0.15, -0.1) is 0 Å². The predicted molar refractivity (Wildman–Crippen MR) is 68.5 cm³/mol. The summed E-state index contributed by atoms with van der Waals surface area (Å²) < 4.78 is 0. The Labute approximate surface area is 103 Å². The van der Waals surface area contributed by atoms with Gasteiger partial charge in [0.25, 0.3) is 0 Å². The first-order chi connectivity index (χ1) is 7.43. The fourth-order valence-electron chi connectivity index (χ4n) is 1.26. The zero-order valence-corrected chi connectivity index (χ0v) is 11.4. The van der Waals surface area contributed by atoms with Gasteiger partial charge in [0, 0.05) is 13.1 Å². The number of nitrogens with one attached hydrogen (secondary N) is 1. The molecule has 2 amide bonds. The van der Waals surface area contributed by atoms with Crippen LogP contribution in [-0.4, -0.2) is 41.6 Å². The van der Waals surface area contributed by atoms with E-state index in [-0.39, 0.29) is 29.5 Å². The number of amides is 2. The summed E-state index contributed by atoms with van der Waals surface area (Å²) in [6, 6.07) is 0. The molecule has 5 heteroatoms. The predicted octanol–water partition coefficient (Wildman–Crippen LogP) is 0.925. The van der Waals surface area contributed by atoms with E-state index in [1.807, 2.05) is 27.7 Å². The van der Waals surface area contributed by atoms with Crippen molar-refractivity contribution in [1.82, 2.24) is 10.2 Å². The minimum atomic E-state index is -0.357. The summed E-state index contributed by atoms with van der Waals surface area (Å²) in [5, 5.41) is 2.25. The summed E-state index contributed by atoms with van der Waals surface area (Å²) in [6.07, 6.45) is 0. The molecule has 0 aliphatic carbocycles. The van der Waals surface area contributed by atoms with Crippen LogP contribution in [0, 0.1) is 5.92 Å². The van der Waals surface area contributed by atoms with Crippen LogP contribution in [-0.2, 0) is 9.59 Å². The lowest BCUT2D eigenvalue weighted by Crippen LogP contribution is -2.43. The Kier molecular flexibility index (Phi) is 7.21. The summed E-state index contributed by atoms with van der Waals surface area (Å²) in [5.74, 6) is -0.0756. The number of carbonyl (C=O) groups is 2. The lowest BCUT2D eigenvalue weighted by Gasteiger charge is -2.20. The molecule has 1 N–H and O–H groups in total.